The normalized spacial score (nSPS) is 14.2. The van der Waals surface area contributed by atoms with Crippen molar-refractivity contribution in [2.45, 2.75) is 16.7 Å². The average molecular weight is 634 g/mol. The quantitative estimate of drug-likeness (QED) is 0.313. The minimum absolute atomic E-state index is 0.0624. The molecule has 4 rings (SSSR count). The van der Waals surface area contributed by atoms with Crippen LogP contribution in [0.5, 0.6) is 23.0 Å². The third-order valence-corrected chi connectivity index (χ3v) is 10.8. The number of methoxy groups -OCH3 is 4. The van der Waals surface area contributed by atoms with Gasteiger partial charge in [0.15, 0.2) is 11.5 Å². The van der Waals surface area contributed by atoms with Gasteiger partial charge in [0.05, 0.1) is 43.9 Å². The Morgan fingerprint density at radius 3 is 1.88 bits per heavy atom. The number of sulfonamides is 2. The van der Waals surface area contributed by atoms with Gasteiger partial charge in [0.1, 0.15) is 18.0 Å². The molecule has 0 bridgehead atoms. The molecule has 0 atom stereocenters. The number of hydrogen-bond acceptors (Lipinski definition) is 9. The van der Waals surface area contributed by atoms with Crippen molar-refractivity contribution in [3.05, 3.63) is 66.2 Å². The highest BCUT2D eigenvalue weighted by atomic mass is 32.2. The largest absolute Gasteiger partial charge is 0.497 e. The van der Waals surface area contributed by atoms with Crippen molar-refractivity contribution in [2.24, 2.45) is 0 Å². The summed E-state index contributed by atoms with van der Waals surface area (Å²) in [7, 11) is -2.46. The molecule has 0 unspecified atom stereocenters. The molecule has 0 aromatic heterocycles. The third kappa shape index (κ3) is 6.65. The number of anilines is 1. The molecule has 0 radical (unpaired) electrons. The SMILES string of the molecule is COc1ccc(OC)c(N(CC(=O)N2CCN(S(=O)(=O)c3ccc(C)cc3)CC2)S(=O)(=O)c2ccc(OC)c(OC)c2)c1. The van der Waals surface area contributed by atoms with E-state index < -0.39 is 32.5 Å². The fourth-order valence-electron chi connectivity index (χ4n) is 4.66. The first-order valence-electron chi connectivity index (χ1n) is 13.3. The summed E-state index contributed by atoms with van der Waals surface area (Å²) in [5.41, 5.74) is 1.03. The molecular formula is C29H35N3O9S2. The molecule has 3 aromatic rings. The van der Waals surface area contributed by atoms with E-state index >= 15 is 0 Å². The molecule has 12 nitrogen and oxygen atoms in total. The van der Waals surface area contributed by atoms with Crippen molar-refractivity contribution in [1.82, 2.24) is 9.21 Å². The summed E-state index contributed by atoms with van der Waals surface area (Å²) in [4.78, 5) is 15.1. The summed E-state index contributed by atoms with van der Waals surface area (Å²) < 4.78 is 78.2. The predicted octanol–water partition coefficient (Wildman–Crippen LogP) is 2.76. The predicted molar refractivity (Wildman–Crippen MR) is 160 cm³/mol. The van der Waals surface area contributed by atoms with E-state index in [9.17, 15) is 21.6 Å². The monoisotopic (exact) mass is 633 g/mol. The Morgan fingerprint density at radius 1 is 0.721 bits per heavy atom. The standard InChI is InChI=1S/C29H35N3O9S2/c1-21-6-9-23(10-7-21)42(34,35)31-16-14-30(15-17-31)29(33)20-32(25-18-22(38-2)8-12-26(25)39-3)43(36,37)24-11-13-27(40-4)28(19-24)41-5/h6-13,18-19H,14-17,20H2,1-5H3. The van der Waals surface area contributed by atoms with E-state index in [1.807, 2.05) is 6.92 Å². The summed E-state index contributed by atoms with van der Waals surface area (Å²) in [6.45, 7) is 1.59. The molecule has 3 aromatic carbocycles. The molecule has 43 heavy (non-hydrogen) atoms. The van der Waals surface area contributed by atoms with E-state index in [1.165, 1.54) is 61.9 Å². The Balaban J connectivity index is 1.64. The zero-order valence-corrected chi connectivity index (χ0v) is 26.3. The fourth-order valence-corrected chi connectivity index (χ4v) is 7.51. The molecule has 1 fully saturated rings. The van der Waals surface area contributed by atoms with Gasteiger partial charge in [-0.2, -0.15) is 4.31 Å². The molecule has 1 aliphatic rings. The topological polar surface area (TPSA) is 132 Å². The maximum absolute atomic E-state index is 14.1. The first-order valence-corrected chi connectivity index (χ1v) is 16.2. The van der Waals surface area contributed by atoms with Gasteiger partial charge in [-0.25, -0.2) is 16.8 Å². The number of piperazine rings is 1. The van der Waals surface area contributed by atoms with Crippen LogP contribution in [0.3, 0.4) is 0 Å². The number of nitrogens with zero attached hydrogens (tertiary/aromatic N) is 3. The van der Waals surface area contributed by atoms with Crippen molar-refractivity contribution >= 4 is 31.6 Å². The first kappa shape index (κ1) is 31.9. The molecular weight excluding hydrogens is 598 g/mol. The summed E-state index contributed by atoms with van der Waals surface area (Å²) in [5.74, 6) is 0.568. The van der Waals surface area contributed by atoms with Crippen molar-refractivity contribution < 1.29 is 40.6 Å². The minimum Gasteiger partial charge on any atom is -0.497 e. The van der Waals surface area contributed by atoms with Crippen LogP contribution in [0.1, 0.15) is 5.56 Å². The van der Waals surface area contributed by atoms with Gasteiger partial charge < -0.3 is 23.8 Å². The minimum atomic E-state index is -4.37. The highest BCUT2D eigenvalue weighted by Crippen LogP contribution is 2.37. The van der Waals surface area contributed by atoms with Crippen LogP contribution in [0.25, 0.3) is 0 Å². The van der Waals surface area contributed by atoms with Gasteiger partial charge in [-0.15, -0.1) is 0 Å². The molecule has 0 aliphatic carbocycles. The van der Waals surface area contributed by atoms with Gasteiger partial charge in [-0.05, 0) is 43.3 Å². The lowest BCUT2D eigenvalue weighted by Crippen LogP contribution is -2.53. The second kappa shape index (κ2) is 13.1. The van der Waals surface area contributed by atoms with E-state index in [-0.39, 0.29) is 53.2 Å². The molecule has 232 valence electrons. The number of amides is 1. The zero-order valence-electron chi connectivity index (χ0n) is 24.6. The molecule has 1 amide bonds. The zero-order chi connectivity index (χ0) is 31.4. The van der Waals surface area contributed by atoms with Crippen LogP contribution in [-0.2, 0) is 24.8 Å². The van der Waals surface area contributed by atoms with Gasteiger partial charge in [0, 0.05) is 38.3 Å². The lowest BCUT2D eigenvalue weighted by atomic mass is 10.2. The van der Waals surface area contributed by atoms with E-state index in [0.717, 1.165) is 9.87 Å². The van der Waals surface area contributed by atoms with Gasteiger partial charge in [0.25, 0.3) is 10.0 Å². The number of carbonyl (C=O) groups is 1. The molecule has 0 saturated carbocycles. The molecule has 0 spiro atoms. The fraction of sp³-hybridized carbons (Fsp3) is 0.345. The van der Waals surface area contributed by atoms with E-state index in [2.05, 4.69) is 0 Å². The number of aryl methyl sites for hydroxylation is 1. The maximum Gasteiger partial charge on any atom is 0.265 e. The number of benzene rings is 3. The Morgan fingerprint density at radius 2 is 1.30 bits per heavy atom. The van der Waals surface area contributed by atoms with Gasteiger partial charge >= 0.3 is 0 Å². The molecule has 0 N–H and O–H groups in total. The number of ether oxygens (including phenoxy) is 4. The second-order valence-corrected chi connectivity index (χ2v) is 13.5. The van der Waals surface area contributed by atoms with Crippen LogP contribution in [0.4, 0.5) is 5.69 Å². The van der Waals surface area contributed by atoms with Crippen molar-refractivity contribution in [2.75, 3.05) is 65.5 Å². The molecule has 14 heteroatoms. The van der Waals surface area contributed by atoms with Crippen molar-refractivity contribution in [1.29, 1.82) is 0 Å². The Bertz CT molecular complexity index is 1670. The highest BCUT2D eigenvalue weighted by molar-refractivity contribution is 7.93. The summed E-state index contributed by atoms with van der Waals surface area (Å²) in [6, 6.07) is 15.3. The Hall–Kier alpha value is -4.01. The third-order valence-electron chi connectivity index (χ3n) is 7.13. The van der Waals surface area contributed by atoms with Crippen molar-refractivity contribution in [3.8, 4) is 23.0 Å². The van der Waals surface area contributed by atoms with Gasteiger partial charge in [-0.1, -0.05) is 17.7 Å². The van der Waals surface area contributed by atoms with Crippen molar-refractivity contribution in [3.63, 3.8) is 0 Å². The van der Waals surface area contributed by atoms with Gasteiger partial charge in [-0.3, -0.25) is 9.10 Å². The smallest absolute Gasteiger partial charge is 0.265 e. The highest BCUT2D eigenvalue weighted by Gasteiger charge is 2.35. The number of carbonyl (C=O) groups excluding carboxylic acids is 1. The Labute approximate surface area is 252 Å². The molecule has 1 heterocycles. The summed E-state index contributed by atoms with van der Waals surface area (Å²) in [5, 5.41) is 0. The lowest BCUT2D eigenvalue weighted by Gasteiger charge is -2.35. The molecule has 1 aliphatic heterocycles. The van der Waals surface area contributed by atoms with Gasteiger partial charge in [0.2, 0.25) is 15.9 Å². The lowest BCUT2D eigenvalue weighted by molar-refractivity contribution is -0.130. The average Bonchev–Trinajstić information content (AvgIpc) is 3.02. The van der Waals surface area contributed by atoms with Crippen LogP contribution in [-0.4, -0.2) is 93.1 Å². The molecule has 1 saturated heterocycles. The summed E-state index contributed by atoms with van der Waals surface area (Å²) >= 11 is 0. The van der Waals surface area contributed by atoms with E-state index in [0.29, 0.717) is 11.5 Å². The summed E-state index contributed by atoms with van der Waals surface area (Å²) in [6.07, 6.45) is 0. The van der Waals surface area contributed by atoms with Crippen LogP contribution >= 0.6 is 0 Å². The van der Waals surface area contributed by atoms with E-state index in [1.54, 1.807) is 36.4 Å². The van der Waals surface area contributed by atoms with E-state index in [4.69, 9.17) is 18.9 Å². The first-order chi connectivity index (χ1) is 20.5. The van der Waals surface area contributed by atoms with Crippen LogP contribution in [0.15, 0.2) is 70.5 Å². The van der Waals surface area contributed by atoms with Crippen LogP contribution < -0.4 is 23.3 Å². The Kier molecular flexibility index (Phi) is 9.72. The maximum atomic E-state index is 14.1. The van der Waals surface area contributed by atoms with Crippen LogP contribution in [0, 0.1) is 6.92 Å². The number of hydrogen-bond donors (Lipinski definition) is 0. The number of rotatable bonds is 11. The second-order valence-electron chi connectivity index (χ2n) is 9.66. The van der Waals surface area contributed by atoms with Crippen LogP contribution in [0.2, 0.25) is 0 Å².